The number of allylic oxidation sites excluding steroid dienone is 1. The first-order valence-electron chi connectivity index (χ1n) is 7.60. The van der Waals surface area contributed by atoms with Crippen LogP contribution in [-0.4, -0.2) is 24.1 Å². The van der Waals surface area contributed by atoms with Gasteiger partial charge in [-0.1, -0.05) is 18.6 Å². The van der Waals surface area contributed by atoms with Gasteiger partial charge in [0.15, 0.2) is 0 Å². The monoisotopic (exact) mass is 292 g/mol. The number of hydrogen-bond donors (Lipinski definition) is 0. The zero-order valence-electron chi connectivity index (χ0n) is 13.2. The van der Waals surface area contributed by atoms with Crippen molar-refractivity contribution in [2.75, 3.05) is 0 Å². The molecule has 2 aliphatic rings. The minimum absolute atomic E-state index is 0.0709. The lowest BCUT2D eigenvalue weighted by atomic mass is 9.84. The van der Waals surface area contributed by atoms with Gasteiger partial charge in [-0.25, -0.2) is 0 Å². The minimum Gasteiger partial charge on any atom is -0.458 e. The molecule has 2 rings (SSSR count). The Balaban J connectivity index is 2.28. The van der Waals surface area contributed by atoms with Crippen molar-refractivity contribution >= 4 is 11.9 Å². The van der Waals surface area contributed by atoms with Crippen LogP contribution < -0.4 is 0 Å². The van der Waals surface area contributed by atoms with Gasteiger partial charge in [0.1, 0.15) is 12.2 Å². The molecule has 4 heteroatoms. The van der Waals surface area contributed by atoms with Crippen LogP contribution in [0.2, 0.25) is 0 Å². The number of carbonyl (C=O) groups is 2. The second-order valence-electron chi connectivity index (χ2n) is 6.19. The van der Waals surface area contributed by atoms with Crippen LogP contribution in [0.3, 0.4) is 0 Å². The molecule has 1 aliphatic heterocycles. The van der Waals surface area contributed by atoms with Gasteiger partial charge < -0.3 is 9.47 Å². The van der Waals surface area contributed by atoms with Crippen molar-refractivity contribution in [2.45, 2.75) is 59.2 Å². The van der Waals surface area contributed by atoms with Gasteiger partial charge in [0, 0.05) is 19.3 Å². The summed E-state index contributed by atoms with van der Waals surface area (Å²) in [5, 5.41) is 0. The van der Waals surface area contributed by atoms with E-state index in [4.69, 9.17) is 9.47 Å². The van der Waals surface area contributed by atoms with E-state index in [-0.39, 0.29) is 36.0 Å². The normalized spacial score (nSPS) is 33.4. The van der Waals surface area contributed by atoms with Crippen molar-refractivity contribution in [1.29, 1.82) is 0 Å². The fourth-order valence-corrected chi connectivity index (χ4v) is 3.06. The molecule has 4 nitrogen and oxygen atoms in total. The third-order valence-corrected chi connectivity index (χ3v) is 4.48. The molecule has 4 unspecified atom stereocenters. The lowest BCUT2D eigenvalue weighted by Gasteiger charge is -2.23. The SMILES string of the molecule is CC(=O)OC1CC=C(C)CCC2C(C=C1C)OC(=O)C2C. The third kappa shape index (κ3) is 3.74. The predicted octanol–water partition coefficient (Wildman–Crippen LogP) is 3.17. The topological polar surface area (TPSA) is 52.6 Å². The molecule has 21 heavy (non-hydrogen) atoms. The van der Waals surface area contributed by atoms with Gasteiger partial charge in [-0.05, 0) is 38.3 Å². The van der Waals surface area contributed by atoms with Crippen LogP contribution in [0.25, 0.3) is 0 Å². The van der Waals surface area contributed by atoms with E-state index < -0.39 is 0 Å². The summed E-state index contributed by atoms with van der Waals surface area (Å²) in [6.45, 7) is 7.38. The van der Waals surface area contributed by atoms with Crippen LogP contribution in [-0.2, 0) is 19.1 Å². The summed E-state index contributed by atoms with van der Waals surface area (Å²) in [4.78, 5) is 23.1. The van der Waals surface area contributed by atoms with Gasteiger partial charge >= 0.3 is 11.9 Å². The van der Waals surface area contributed by atoms with Crippen LogP contribution in [0, 0.1) is 11.8 Å². The number of fused-ring (bicyclic) bond motifs is 1. The Bertz CT molecular complexity index is 489. The van der Waals surface area contributed by atoms with Crippen molar-refractivity contribution in [2.24, 2.45) is 11.8 Å². The summed E-state index contributed by atoms with van der Waals surface area (Å²) in [5.41, 5.74) is 2.22. The van der Waals surface area contributed by atoms with E-state index in [1.807, 2.05) is 19.9 Å². The predicted molar refractivity (Wildman–Crippen MR) is 79.5 cm³/mol. The van der Waals surface area contributed by atoms with Gasteiger partial charge in [-0.2, -0.15) is 0 Å². The van der Waals surface area contributed by atoms with Crippen molar-refractivity contribution in [1.82, 2.24) is 0 Å². The van der Waals surface area contributed by atoms with E-state index in [9.17, 15) is 9.59 Å². The smallest absolute Gasteiger partial charge is 0.309 e. The van der Waals surface area contributed by atoms with Gasteiger partial charge in [0.25, 0.3) is 0 Å². The van der Waals surface area contributed by atoms with Crippen LogP contribution in [0.4, 0.5) is 0 Å². The molecule has 116 valence electrons. The van der Waals surface area contributed by atoms with E-state index in [1.54, 1.807) is 0 Å². The molecule has 1 heterocycles. The zero-order chi connectivity index (χ0) is 15.6. The number of rotatable bonds is 1. The molecule has 1 saturated heterocycles. The van der Waals surface area contributed by atoms with Crippen LogP contribution in [0.15, 0.2) is 23.3 Å². The van der Waals surface area contributed by atoms with Gasteiger partial charge in [0.05, 0.1) is 5.92 Å². The summed E-state index contributed by atoms with van der Waals surface area (Å²) >= 11 is 0. The van der Waals surface area contributed by atoms with Gasteiger partial charge in [-0.3, -0.25) is 9.59 Å². The molecule has 0 aromatic rings. The lowest BCUT2D eigenvalue weighted by Crippen LogP contribution is -2.23. The average molecular weight is 292 g/mol. The Kier molecular flexibility index (Phi) is 4.86. The second kappa shape index (κ2) is 6.46. The Morgan fingerprint density at radius 1 is 1.38 bits per heavy atom. The van der Waals surface area contributed by atoms with Crippen molar-refractivity contribution in [3.8, 4) is 0 Å². The zero-order valence-corrected chi connectivity index (χ0v) is 13.2. The van der Waals surface area contributed by atoms with Crippen LogP contribution in [0.5, 0.6) is 0 Å². The second-order valence-corrected chi connectivity index (χ2v) is 6.19. The average Bonchev–Trinajstić information content (AvgIpc) is 2.66. The van der Waals surface area contributed by atoms with Gasteiger partial charge in [-0.15, -0.1) is 0 Å². The maximum atomic E-state index is 11.8. The maximum Gasteiger partial charge on any atom is 0.309 e. The fourth-order valence-electron chi connectivity index (χ4n) is 3.06. The summed E-state index contributed by atoms with van der Waals surface area (Å²) < 4.78 is 10.9. The van der Waals surface area contributed by atoms with E-state index in [0.717, 1.165) is 18.4 Å². The highest BCUT2D eigenvalue weighted by Crippen LogP contribution is 2.35. The standard InChI is InChI=1S/C17H24O4/c1-10-5-7-14-12(3)17(19)21-16(14)9-11(2)15(8-6-10)20-13(4)18/h6,9,12,14-16H,5,7-8H2,1-4H3. The number of hydrogen-bond acceptors (Lipinski definition) is 4. The Morgan fingerprint density at radius 2 is 2.10 bits per heavy atom. The molecule has 0 N–H and O–H groups in total. The van der Waals surface area contributed by atoms with Gasteiger partial charge in [0.2, 0.25) is 0 Å². The number of esters is 2. The molecule has 0 bridgehead atoms. The molecule has 1 aliphatic carbocycles. The van der Waals surface area contributed by atoms with Crippen molar-refractivity contribution in [3.63, 3.8) is 0 Å². The highest BCUT2D eigenvalue weighted by molar-refractivity contribution is 5.75. The van der Waals surface area contributed by atoms with E-state index in [2.05, 4.69) is 13.0 Å². The summed E-state index contributed by atoms with van der Waals surface area (Å²) in [5.74, 6) is -0.284. The molecule has 0 aromatic carbocycles. The summed E-state index contributed by atoms with van der Waals surface area (Å²) in [6, 6.07) is 0. The molecular formula is C17H24O4. The fraction of sp³-hybridized carbons (Fsp3) is 0.647. The Morgan fingerprint density at radius 3 is 2.76 bits per heavy atom. The molecular weight excluding hydrogens is 268 g/mol. The summed E-state index contributed by atoms with van der Waals surface area (Å²) in [7, 11) is 0. The highest BCUT2D eigenvalue weighted by Gasteiger charge is 2.40. The number of ether oxygens (including phenoxy) is 2. The van der Waals surface area contributed by atoms with Crippen molar-refractivity contribution in [3.05, 3.63) is 23.3 Å². The first-order chi connectivity index (χ1) is 9.88. The van der Waals surface area contributed by atoms with Crippen LogP contribution in [0.1, 0.15) is 47.0 Å². The first kappa shape index (κ1) is 15.8. The number of carbonyl (C=O) groups excluding carboxylic acids is 2. The maximum absolute atomic E-state index is 11.8. The quantitative estimate of drug-likeness (QED) is 0.550. The van der Waals surface area contributed by atoms with Crippen molar-refractivity contribution < 1.29 is 19.1 Å². The molecule has 0 radical (unpaired) electrons. The minimum atomic E-state index is -0.288. The van der Waals surface area contributed by atoms with E-state index in [0.29, 0.717) is 6.42 Å². The first-order valence-corrected chi connectivity index (χ1v) is 7.60. The molecule has 1 fully saturated rings. The largest absolute Gasteiger partial charge is 0.458 e. The Labute approximate surface area is 126 Å². The summed E-state index contributed by atoms with van der Waals surface area (Å²) in [6.07, 6.45) is 6.20. The molecule has 4 atom stereocenters. The Hall–Kier alpha value is -1.58. The third-order valence-electron chi connectivity index (χ3n) is 4.48. The molecule has 0 spiro atoms. The lowest BCUT2D eigenvalue weighted by molar-refractivity contribution is -0.145. The van der Waals surface area contributed by atoms with E-state index >= 15 is 0 Å². The highest BCUT2D eigenvalue weighted by atomic mass is 16.6. The molecule has 0 saturated carbocycles. The molecule has 0 aromatic heterocycles. The van der Waals surface area contributed by atoms with Crippen LogP contribution >= 0.6 is 0 Å². The van der Waals surface area contributed by atoms with E-state index in [1.165, 1.54) is 12.5 Å². The molecule has 0 amide bonds.